The Morgan fingerprint density at radius 2 is 1.65 bits per heavy atom. The summed E-state index contributed by atoms with van der Waals surface area (Å²) in [6, 6.07) is 14.1. The van der Waals surface area contributed by atoms with Gasteiger partial charge in [0.1, 0.15) is 5.03 Å². The molecule has 1 heterocycles. The maximum absolute atomic E-state index is 6.02. The summed E-state index contributed by atoms with van der Waals surface area (Å²) in [5.74, 6) is 0.480. The van der Waals surface area contributed by atoms with Gasteiger partial charge in [0.2, 0.25) is 0 Å². The van der Waals surface area contributed by atoms with Crippen molar-refractivity contribution in [2.45, 2.75) is 23.8 Å². The van der Waals surface area contributed by atoms with Crippen LogP contribution in [0, 0.1) is 13.8 Å². The van der Waals surface area contributed by atoms with Gasteiger partial charge < -0.3 is 5.73 Å². The minimum Gasteiger partial charge on any atom is -0.381 e. The van der Waals surface area contributed by atoms with Crippen molar-refractivity contribution in [3.63, 3.8) is 0 Å². The molecule has 0 radical (unpaired) electrons. The monoisotopic (exact) mass is 281 g/mol. The first-order valence-electron chi connectivity index (χ1n) is 6.41. The maximum Gasteiger partial charge on any atom is 0.157 e. The SMILES string of the molecule is Cc1ccc(Sc2nc3ccccc3nc2N)c(C)c1. The number of fused-ring (bicyclic) bond motifs is 1. The van der Waals surface area contributed by atoms with E-state index < -0.39 is 0 Å². The van der Waals surface area contributed by atoms with E-state index in [0.717, 1.165) is 21.0 Å². The highest BCUT2D eigenvalue weighted by Gasteiger charge is 2.09. The van der Waals surface area contributed by atoms with Gasteiger partial charge in [0.25, 0.3) is 0 Å². The third-order valence-electron chi connectivity index (χ3n) is 3.10. The van der Waals surface area contributed by atoms with Crippen LogP contribution in [0.1, 0.15) is 11.1 Å². The molecular weight excluding hydrogens is 266 g/mol. The number of rotatable bonds is 2. The van der Waals surface area contributed by atoms with Crippen LogP contribution in [-0.4, -0.2) is 9.97 Å². The lowest BCUT2D eigenvalue weighted by atomic mass is 10.2. The van der Waals surface area contributed by atoms with Crippen molar-refractivity contribution in [3.05, 3.63) is 53.6 Å². The quantitative estimate of drug-likeness (QED) is 0.772. The molecule has 100 valence electrons. The van der Waals surface area contributed by atoms with E-state index in [1.165, 1.54) is 11.1 Å². The summed E-state index contributed by atoms with van der Waals surface area (Å²) in [6.45, 7) is 4.19. The number of nitrogen functional groups attached to an aromatic ring is 1. The molecule has 2 aromatic carbocycles. The van der Waals surface area contributed by atoms with Crippen molar-refractivity contribution < 1.29 is 0 Å². The van der Waals surface area contributed by atoms with Crippen LogP contribution in [-0.2, 0) is 0 Å². The minimum atomic E-state index is 0.480. The zero-order valence-corrected chi connectivity index (χ0v) is 12.2. The smallest absolute Gasteiger partial charge is 0.157 e. The average molecular weight is 281 g/mol. The first-order valence-corrected chi connectivity index (χ1v) is 7.22. The predicted octanol–water partition coefficient (Wildman–Crippen LogP) is 3.98. The summed E-state index contributed by atoms with van der Waals surface area (Å²) in [7, 11) is 0. The molecule has 2 N–H and O–H groups in total. The van der Waals surface area contributed by atoms with Gasteiger partial charge in [0, 0.05) is 4.90 Å². The van der Waals surface area contributed by atoms with E-state index in [0.29, 0.717) is 5.82 Å². The normalized spacial score (nSPS) is 10.9. The molecule has 3 aromatic rings. The second kappa shape index (κ2) is 5.13. The van der Waals surface area contributed by atoms with E-state index in [2.05, 4.69) is 42.0 Å². The molecule has 4 heteroatoms. The topological polar surface area (TPSA) is 51.8 Å². The van der Waals surface area contributed by atoms with Gasteiger partial charge in [-0.15, -0.1) is 0 Å². The average Bonchev–Trinajstić information content (AvgIpc) is 2.42. The van der Waals surface area contributed by atoms with Crippen LogP contribution in [0.15, 0.2) is 52.4 Å². The number of nitrogens with two attached hydrogens (primary N) is 1. The molecule has 0 aliphatic carbocycles. The molecule has 0 unspecified atom stereocenters. The van der Waals surface area contributed by atoms with Crippen LogP contribution in [0.5, 0.6) is 0 Å². The molecule has 0 atom stereocenters. The van der Waals surface area contributed by atoms with E-state index in [4.69, 9.17) is 5.73 Å². The zero-order valence-electron chi connectivity index (χ0n) is 11.4. The first-order chi connectivity index (χ1) is 9.63. The van der Waals surface area contributed by atoms with E-state index in [-0.39, 0.29) is 0 Å². The fraction of sp³-hybridized carbons (Fsp3) is 0.125. The van der Waals surface area contributed by atoms with Crippen molar-refractivity contribution in [3.8, 4) is 0 Å². The summed E-state index contributed by atoms with van der Waals surface area (Å²) < 4.78 is 0. The maximum atomic E-state index is 6.02. The van der Waals surface area contributed by atoms with Gasteiger partial charge in [-0.05, 0) is 37.6 Å². The molecule has 0 spiro atoms. The van der Waals surface area contributed by atoms with Gasteiger partial charge in [0.15, 0.2) is 5.82 Å². The lowest BCUT2D eigenvalue weighted by molar-refractivity contribution is 1.13. The standard InChI is InChI=1S/C16H15N3S/c1-10-7-8-14(11(2)9-10)20-16-15(17)18-12-5-3-4-6-13(12)19-16/h3-9H,1-2H3,(H2,17,18). The van der Waals surface area contributed by atoms with Crippen LogP contribution >= 0.6 is 11.8 Å². The summed E-state index contributed by atoms with van der Waals surface area (Å²) >= 11 is 1.57. The molecule has 3 nitrogen and oxygen atoms in total. The Hall–Kier alpha value is -2.07. The molecule has 3 rings (SSSR count). The lowest BCUT2D eigenvalue weighted by Gasteiger charge is -2.08. The summed E-state index contributed by atoms with van der Waals surface area (Å²) in [6.07, 6.45) is 0. The number of hydrogen-bond donors (Lipinski definition) is 1. The van der Waals surface area contributed by atoms with Gasteiger partial charge in [0.05, 0.1) is 11.0 Å². The van der Waals surface area contributed by atoms with Gasteiger partial charge in [-0.1, -0.05) is 41.6 Å². The molecule has 0 fully saturated rings. The summed E-state index contributed by atoms with van der Waals surface area (Å²) in [4.78, 5) is 10.2. The third kappa shape index (κ3) is 2.47. The van der Waals surface area contributed by atoms with Crippen molar-refractivity contribution in [1.82, 2.24) is 9.97 Å². The molecule has 0 saturated heterocycles. The number of anilines is 1. The van der Waals surface area contributed by atoms with Crippen LogP contribution < -0.4 is 5.73 Å². The number of hydrogen-bond acceptors (Lipinski definition) is 4. The van der Waals surface area contributed by atoms with Gasteiger partial charge in [-0.2, -0.15) is 0 Å². The second-order valence-electron chi connectivity index (χ2n) is 4.77. The highest BCUT2D eigenvalue weighted by Crippen LogP contribution is 2.33. The Bertz CT molecular complexity index is 784. The number of nitrogens with zero attached hydrogens (tertiary/aromatic N) is 2. The summed E-state index contributed by atoms with van der Waals surface area (Å²) in [5.41, 5.74) is 10.2. The Balaban J connectivity index is 2.03. The molecular formula is C16H15N3S. The molecule has 0 aliphatic heterocycles. The minimum absolute atomic E-state index is 0.480. The fourth-order valence-electron chi connectivity index (χ4n) is 2.09. The number of benzene rings is 2. The summed E-state index contributed by atoms with van der Waals surface area (Å²) in [5, 5.41) is 0.760. The molecule has 1 aromatic heterocycles. The molecule has 0 bridgehead atoms. The molecule has 0 aliphatic rings. The van der Waals surface area contributed by atoms with Crippen molar-refractivity contribution in [1.29, 1.82) is 0 Å². The molecule has 0 amide bonds. The van der Waals surface area contributed by atoms with Gasteiger partial charge in [-0.3, -0.25) is 0 Å². The van der Waals surface area contributed by atoms with Crippen LogP contribution in [0.4, 0.5) is 5.82 Å². The van der Waals surface area contributed by atoms with E-state index in [9.17, 15) is 0 Å². The molecule has 20 heavy (non-hydrogen) atoms. The Morgan fingerprint density at radius 3 is 2.35 bits per heavy atom. The fourth-order valence-corrected chi connectivity index (χ4v) is 2.95. The van der Waals surface area contributed by atoms with E-state index >= 15 is 0 Å². The Kier molecular flexibility index (Phi) is 3.32. The van der Waals surface area contributed by atoms with Crippen LogP contribution in [0.2, 0.25) is 0 Å². The Morgan fingerprint density at radius 1 is 0.950 bits per heavy atom. The largest absolute Gasteiger partial charge is 0.381 e. The number of aromatic nitrogens is 2. The zero-order chi connectivity index (χ0) is 14.1. The lowest BCUT2D eigenvalue weighted by Crippen LogP contribution is -1.97. The van der Waals surface area contributed by atoms with E-state index in [1.807, 2.05) is 24.3 Å². The van der Waals surface area contributed by atoms with Crippen molar-refractivity contribution in [2.24, 2.45) is 0 Å². The van der Waals surface area contributed by atoms with Crippen LogP contribution in [0.3, 0.4) is 0 Å². The highest BCUT2D eigenvalue weighted by atomic mass is 32.2. The van der Waals surface area contributed by atoms with Gasteiger partial charge >= 0.3 is 0 Å². The first kappa shape index (κ1) is 12.9. The second-order valence-corrected chi connectivity index (χ2v) is 5.80. The van der Waals surface area contributed by atoms with Crippen LogP contribution in [0.25, 0.3) is 11.0 Å². The van der Waals surface area contributed by atoms with E-state index in [1.54, 1.807) is 11.8 Å². The number of aryl methyl sites for hydroxylation is 2. The third-order valence-corrected chi connectivity index (χ3v) is 4.27. The van der Waals surface area contributed by atoms with Gasteiger partial charge in [-0.25, -0.2) is 9.97 Å². The van der Waals surface area contributed by atoms with Crippen molar-refractivity contribution in [2.75, 3.05) is 5.73 Å². The predicted molar refractivity (Wildman–Crippen MR) is 84.0 cm³/mol. The van der Waals surface area contributed by atoms with Crippen molar-refractivity contribution >= 4 is 28.6 Å². The molecule has 0 saturated carbocycles. The number of para-hydroxylation sites is 2. The highest BCUT2D eigenvalue weighted by molar-refractivity contribution is 7.99. The Labute approximate surface area is 122 Å².